The molecule has 1 aliphatic carbocycles. The summed E-state index contributed by atoms with van der Waals surface area (Å²) in [6, 6.07) is 1.59. The largest absolute Gasteiger partial charge is 0.464 e. The number of Topliss-reactive ketones (excluding diaryl/α,β-unsaturated/α-hetero) is 1. The van der Waals surface area contributed by atoms with E-state index in [-0.39, 0.29) is 11.7 Å². The van der Waals surface area contributed by atoms with E-state index in [4.69, 9.17) is 0 Å². The second kappa shape index (κ2) is 5.17. The Hall–Kier alpha value is -1.58. The first-order valence-corrected chi connectivity index (χ1v) is 6.03. The van der Waals surface area contributed by atoms with Gasteiger partial charge in [0.05, 0.1) is 7.11 Å². The van der Waals surface area contributed by atoms with Gasteiger partial charge < -0.3 is 9.72 Å². The number of ketones is 1. The molecule has 1 aromatic rings. The molecule has 0 aliphatic heterocycles. The highest BCUT2D eigenvalue weighted by atomic mass is 16.5. The lowest BCUT2D eigenvalue weighted by atomic mass is 9.84. The molecule has 0 spiro atoms. The summed E-state index contributed by atoms with van der Waals surface area (Å²) >= 11 is 0. The molecule has 0 unspecified atom stereocenters. The van der Waals surface area contributed by atoms with E-state index in [1.54, 1.807) is 12.3 Å². The van der Waals surface area contributed by atoms with Gasteiger partial charge in [-0.2, -0.15) is 0 Å². The second-order valence-corrected chi connectivity index (χ2v) is 4.49. The van der Waals surface area contributed by atoms with Crippen LogP contribution in [0.25, 0.3) is 0 Å². The summed E-state index contributed by atoms with van der Waals surface area (Å²) < 4.78 is 4.59. The number of hydrogen-bond acceptors (Lipinski definition) is 3. The summed E-state index contributed by atoms with van der Waals surface area (Å²) in [6.07, 6.45) is 7.03. The fourth-order valence-electron chi connectivity index (χ4n) is 2.36. The number of esters is 1. The summed E-state index contributed by atoms with van der Waals surface area (Å²) in [5.74, 6) is -0.158. The van der Waals surface area contributed by atoms with Crippen LogP contribution in [0, 0.1) is 5.92 Å². The number of H-pyrrole nitrogens is 1. The molecule has 92 valence electrons. The van der Waals surface area contributed by atoms with Crippen LogP contribution in [0.3, 0.4) is 0 Å². The molecule has 1 saturated carbocycles. The number of aromatic nitrogens is 1. The smallest absolute Gasteiger partial charge is 0.354 e. The van der Waals surface area contributed by atoms with Crippen LogP contribution in [0.5, 0.6) is 0 Å². The highest BCUT2D eigenvalue weighted by molar-refractivity contribution is 6.00. The van der Waals surface area contributed by atoms with Crippen LogP contribution in [0.1, 0.15) is 53.0 Å². The van der Waals surface area contributed by atoms with E-state index in [0.29, 0.717) is 11.3 Å². The summed E-state index contributed by atoms with van der Waals surface area (Å²) in [7, 11) is 1.33. The maximum atomic E-state index is 12.2. The van der Waals surface area contributed by atoms with Gasteiger partial charge in [0.2, 0.25) is 0 Å². The Kier molecular flexibility index (Phi) is 3.61. The minimum absolute atomic E-state index is 0.130. The predicted octanol–water partition coefficient (Wildman–Crippen LogP) is 2.56. The van der Waals surface area contributed by atoms with Crippen LogP contribution in [0.4, 0.5) is 0 Å². The SMILES string of the molecule is COC(=O)c1cc(C(=O)C2CCCCC2)c[nH]1. The quantitative estimate of drug-likeness (QED) is 0.647. The molecular weight excluding hydrogens is 218 g/mol. The number of carbonyl (C=O) groups excluding carboxylic acids is 2. The fraction of sp³-hybridized carbons (Fsp3) is 0.538. The van der Waals surface area contributed by atoms with Gasteiger partial charge in [0.15, 0.2) is 5.78 Å². The zero-order valence-corrected chi connectivity index (χ0v) is 9.99. The number of hydrogen-bond donors (Lipinski definition) is 1. The molecule has 0 radical (unpaired) electrons. The molecule has 1 aromatic heterocycles. The number of nitrogens with one attached hydrogen (secondary N) is 1. The second-order valence-electron chi connectivity index (χ2n) is 4.49. The minimum atomic E-state index is -0.437. The van der Waals surface area contributed by atoms with Gasteiger partial charge in [-0.15, -0.1) is 0 Å². The Morgan fingerprint density at radius 3 is 2.65 bits per heavy atom. The summed E-state index contributed by atoms with van der Waals surface area (Å²) in [5, 5.41) is 0. The third-order valence-corrected chi connectivity index (χ3v) is 3.35. The Morgan fingerprint density at radius 2 is 2.00 bits per heavy atom. The Bertz CT molecular complexity index is 416. The number of rotatable bonds is 3. The van der Waals surface area contributed by atoms with Gasteiger partial charge in [0, 0.05) is 17.7 Å². The number of methoxy groups -OCH3 is 1. The van der Waals surface area contributed by atoms with Gasteiger partial charge in [-0.1, -0.05) is 19.3 Å². The van der Waals surface area contributed by atoms with Crippen molar-refractivity contribution in [1.82, 2.24) is 4.98 Å². The lowest BCUT2D eigenvalue weighted by molar-refractivity contribution is 0.0595. The first-order valence-electron chi connectivity index (χ1n) is 6.03. The monoisotopic (exact) mass is 235 g/mol. The van der Waals surface area contributed by atoms with E-state index in [2.05, 4.69) is 9.72 Å². The average molecular weight is 235 g/mol. The highest BCUT2D eigenvalue weighted by Crippen LogP contribution is 2.27. The van der Waals surface area contributed by atoms with Crippen molar-refractivity contribution in [2.75, 3.05) is 7.11 Å². The molecule has 4 heteroatoms. The van der Waals surface area contributed by atoms with Crippen molar-refractivity contribution in [3.63, 3.8) is 0 Å². The van der Waals surface area contributed by atoms with E-state index in [1.807, 2.05) is 0 Å². The van der Waals surface area contributed by atoms with Crippen LogP contribution < -0.4 is 0 Å². The van der Waals surface area contributed by atoms with Crippen LogP contribution in [0.15, 0.2) is 12.3 Å². The number of carbonyl (C=O) groups is 2. The van der Waals surface area contributed by atoms with Crippen LogP contribution >= 0.6 is 0 Å². The van der Waals surface area contributed by atoms with Gasteiger partial charge in [0.1, 0.15) is 5.69 Å². The summed E-state index contributed by atoms with van der Waals surface area (Å²) in [4.78, 5) is 26.2. The number of ether oxygens (including phenoxy) is 1. The van der Waals surface area contributed by atoms with Crippen molar-refractivity contribution < 1.29 is 14.3 Å². The Morgan fingerprint density at radius 1 is 1.29 bits per heavy atom. The molecule has 4 nitrogen and oxygen atoms in total. The Labute approximate surface area is 100 Å². The van der Waals surface area contributed by atoms with Crippen molar-refractivity contribution >= 4 is 11.8 Å². The average Bonchev–Trinajstić information content (AvgIpc) is 2.87. The van der Waals surface area contributed by atoms with Crippen LogP contribution in [-0.4, -0.2) is 23.8 Å². The van der Waals surface area contributed by atoms with E-state index < -0.39 is 5.97 Å². The lowest BCUT2D eigenvalue weighted by Crippen LogP contribution is -2.17. The van der Waals surface area contributed by atoms with Crippen molar-refractivity contribution in [3.05, 3.63) is 23.5 Å². The van der Waals surface area contributed by atoms with Crippen molar-refractivity contribution in [1.29, 1.82) is 0 Å². The highest BCUT2D eigenvalue weighted by Gasteiger charge is 2.23. The molecular formula is C13H17NO3. The summed E-state index contributed by atoms with van der Waals surface area (Å²) in [6.45, 7) is 0. The lowest BCUT2D eigenvalue weighted by Gasteiger charge is -2.19. The van der Waals surface area contributed by atoms with Gasteiger partial charge in [-0.05, 0) is 18.9 Å². The standard InChI is InChI=1S/C13H17NO3/c1-17-13(16)11-7-10(8-14-11)12(15)9-5-3-2-4-6-9/h7-9,14H,2-6H2,1H3. The normalized spacial score (nSPS) is 16.8. The number of aromatic amines is 1. The van der Waals surface area contributed by atoms with Gasteiger partial charge >= 0.3 is 5.97 Å². The molecule has 2 rings (SSSR count). The van der Waals surface area contributed by atoms with Gasteiger partial charge in [0.25, 0.3) is 0 Å². The van der Waals surface area contributed by atoms with E-state index in [0.717, 1.165) is 25.7 Å². The zero-order valence-electron chi connectivity index (χ0n) is 9.99. The van der Waals surface area contributed by atoms with Crippen LogP contribution in [0.2, 0.25) is 0 Å². The molecule has 1 fully saturated rings. The fourth-order valence-corrected chi connectivity index (χ4v) is 2.36. The van der Waals surface area contributed by atoms with E-state index >= 15 is 0 Å². The summed E-state index contributed by atoms with van der Waals surface area (Å²) in [5.41, 5.74) is 0.934. The molecule has 0 amide bonds. The third kappa shape index (κ3) is 2.57. The molecule has 0 aromatic carbocycles. The van der Waals surface area contributed by atoms with Crippen molar-refractivity contribution in [2.24, 2.45) is 5.92 Å². The molecule has 0 atom stereocenters. The van der Waals surface area contributed by atoms with Gasteiger partial charge in [-0.3, -0.25) is 4.79 Å². The maximum Gasteiger partial charge on any atom is 0.354 e. The van der Waals surface area contributed by atoms with Crippen molar-refractivity contribution in [3.8, 4) is 0 Å². The molecule has 1 heterocycles. The maximum absolute atomic E-state index is 12.2. The zero-order chi connectivity index (χ0) is 12.3. The molecule has 0 bridgehead atoms. The molecule has 1 aliphatic rings. The predicted molar refractivity (Wildman–Crippen MR) is 63.0 cm³/mol. The third-order valence-electron chi connectivity index (χ3n) is 3.35. The topological polar surface area (TPSA) is 59.2 Å². The first-order chi connectivity index (χ1) is 8.22. The Balaban J connectivity index is 2.08. The molecule has 17 heavy (non-hydrogen) atoms. The van der Waals surface area contributed by atoms with Crippen LogP contribution in [-0.2, 0) is 4.74 Å². The molecule has 1 N–H and O–H groups in total. The van der Waals surface area contributed by atoms with E-state index in [9.17, 15) is 9.59 Å². The first kappa shape index (κ1) is 11.9. The van der Waals surface area contributed by atoms with Crippen molar-refractivity contribution in [2.45, 2.75) is 32.1 Å². The van der Waals surface area contributed by atoms with Gasteiger partial charge in [-0.25, -0.2) is 4.79 Å². The van der Waals surface area contributed by atoms with E-state index in [1.165, 1.54) is 13.5 Å². The minimum Gasteiger partial charge on any atom is -0.464 e. The molecule has 0 saturated heterocycles.